The van der Waals surface area contributed by atoms with Crippen molar-refractivity contribution in [2.45, 2.75) is 46.6 Å². The average molecular weight is 261 g/mol. The van der Waals surface area contributed by atoms with Crippen LogP contribution in [0.15, 0.2) is 12.4 Å². The molecule has 0 unspecified atom stereocenters. The summed E-state index contributed by atoms with van der Waals surface area (Å²) in [6, 6.07) is 4.00. The van der Waals surface area contributed by atoms with Crippen LogP contribution in [0.1, 0.15) is 41.0 Å². The first kappa shape index (κ1) is 15.2. The summed E-state index contributed by atoms with van der Waals surface area (Å²) in [5.41, 5.74) is -0.346. The molecule has 1 aromatic heterocycles. The molecule has 0 aliphatic heterocycles. The highest BCUT2D eigenvalue weighted by Crippen LogP contribution is 2.19. The number of aromatic nitrogens is 2. The van der Waals surface area contributed by atoms with Crippen LogP contribution in [0.3, 0.4) is 0 Å². The average Bonchev–Trinajstić information content (AvgIpc) is 2.27. The predicted molar refractivity (Wildman–Crippen MR) is 77.9 cm³/mol. The van der Waals surface area contributed by atoms with Crippen LogP contribution in [-0.2, 0) is 0 Å². The summed E-state index contributed by atoms with van der Waals surface area (Å²) in [5.74, 6) is 1.43. The lowest BCUT2D eigenvalue weighted by molar-refractivity contribution is 0.389. The van der Waals surface area contributed by atoms with E-state index in [0.29, 0.717) is 11.2 Å². The van der Waals surface area contributed by atoms with E-state index >= 15 is 0 Å². The summed E-state index contributed by atoms with van der Waals surface area (Å²) in [7, 11) is 0. The van der Waals surface area contributed by atoms with Gasteiger partial charge in [-0.3, -0.25) is 0 Å². The standard InChI is InChI=1S/C14H23N5/c1-13(2,3)6-7-16-11-8-12(18-10-17-11)19-14(4,5)9-15/h8,10H,6-7H2,1-5H3,(H2,16,17,18,19). The summed E-state index contributed by atoms with van der Waals surface area (Å²) in [5, 5.41) is 15.3. The van der Waals surface area contributed by atoms with Gasteiger partial charge >= 0.3 is 0 Å². The van der Waals surface area contributed by atoms with E-state index in [4.69, 9.17) is 5.26 Å². The van der Waals surface area contributed by atoms with E-state index in [1.165, 1.54) is 6.33 Å². The van der Waals surface area contributed by atoms with Crippen molar-refractivity contribution in [3.8, 4) is 6.07 Å². The van der Waals surface area contributed by atoms with Gasteiger partial charge in [-0.1, -0.05) is 20.8 Å². The topological polar surface area (TPSA) is 73.6 Å². The van der Waals surface area contributed by atoms with Crippen LogP contribution in [0, 0.1) is 16.7 Å². The minimum Gasteiger partial charge on any atom is -0.370 e. The van der Waals surface area contributed by atoms with Gasteiger partial charge in [-0.15, -0.1) is 0 Å². The Morgan fingerprint density at radius 2 is 1.79 bits per heavy atom. The Morgan fingerprint density at radius 1 is 1.16 bits per heavy atom. The summed E-state index contributed by atoms with van der Waals surface area (Å²) >= 11 is 0. The van der Waals surface area contributed by atoms with E-state index in [9.17, 15) is 0 Å². The largest absolute Gasteiger partial charge is 0.370 e. The van der Waals surface area contributed by atoms with E-state index in [-0.39, 0.29) is 0 Å². The minimum atomic E-state index is -0.642. The molecule has 0 fully saturated rings. The quantitative estimate of drug-likeness (QED) is 0.852. The highest BCUT2D eigenvalue weighted by molar-refractivity contribution is 5.48. The molecular formula is C14H23N5. The molecule has 0 saturated heterocycles. The number of nitrogens with zero attached hydrogens (tertiary/aromatic N) is 3. The summed E-state index contributed by atoms with van der Waals surface area (Å²) < 4.78 is 0. The number of nitriles is 1. The van der Waals surface area contributed by atoms with Crippen molar-refractivity contribution >= 4 is 11.6 Å². The Bertz CT molecular complexity index is 454. The molecule has 0 spiro atoms. The SMILES string of the molecule is CC(C)(C)CCNc1cc(NC(C)(C)C#N)ncn1. The lowest BCUT2D eigenvalue weighted by Gasteiger charge is -2.19. The van der Waals surface area contributed by atoms with Gasteiger partial charge < -0.3 is 10.6 Å². The van der Waals surface area contributed by atoms with Crippen molar-refractivity contribution in [1.29, 1.82) is 5.26 Å². The van der Waals surface area contributed by atoms with Gasteiger partial charge in [-0.25, -0.2) is 9.97 Å². The van der Waals surface area contributed by atoms with Gasteiger partial charge in [0.1, 0.15) is 23.5 Å². The maximum Gasteiger partial charge on any atom is 0.132 e. The number of rotatable bonds is 5. The highest BCUT2D eigenvalue weighted by atomic mass is 15.1. The zero-order valence-corrected chi connectivity index (χ0v) is 12.4. The Balaban J connectivity index is 2.61. The fourth-order valence-corrected chi connectivity index (χ4v) is 1.44. The molecule has 0 saturated carbocycles. The van der Waals surface area contributed by atoms with Crippen molar-refractivity contribution in [1.82, 2.24) is 9.97 Å². The molecular weight excluding hydrogens is 238 g/mol. The van der Waals surface area contributed by atoms with Gasteiger partial charge in [0.2, 0.25) is 0 Å². The fourth-order valence-electron chi connectivity index (χ4n) is 1.44. The first-order valence-corrected chi connectivity index (χ1v) is 6.47. The van der Waals surface area contributed by atoms with Crippen molar-refractivity contribution in [3.63, 3.8) is 0 Å². The smallest absolute Gasteiger partial charge is 0.132 e. The minimum absolute atomic E-state index is 0.296. The van der Waals surface area contributed by atoms with Gasteiger partial charge in [-0.05, 0) is 25.7 Å². The molecule has 0 aromatic carbocycles. The Hall–Kier alpha value is -1.83. The van der Waals surface area contributed by atoms with Crippen molar-refractivity contribution in [3.05, 3.63) is 12.4 Å². The van der Waals surface area contributed by atoms with Gasteiger partial charge in [-0.2, -0.15) is 5.26 Å². The zero-order valence-electron chi connectivity index (χ0n) is 12.4. The van der Waals surface area contributed by atoms with E-state index in [0.717, 1.165) is 18.8 Å². The van der Waals surface area contributed by atoms with Crippen LogP contribution in [-0.4, -0.2) is 22.1 Å². The summed E-state index contributed by atoms with van der Waals surface area (Å²) in [4.78, 5) is 8.29. The molecule has 1 rings (SSSR count). The first-order valence-electron chi connectivity index (χ1n) is 6.47. The number of nitrogens with one attached hydrogen (secondary N) is 2. The number of hydrogen-bond acceptors (Lipinski definition) is 5. The van der Waals surface area contributed by atoms with Crippen LogP contribution in [0.25, 0.3) is 0 Å². The van der Waals surface area contributed by atoms with Crippen molar-refractivity contribution < 1.29 is 0 Å². The fraction of sp³-hybridized carbons (Fsp3) is 0.643. The first-order chi connectivity index (χ1) is 8.72. The molecule has 0 bridgehead atoms. The second kappa shape index (κ2) is 5.87. The second-order valence-corrected chi connectivity index (χ2v) is 6.39. The lowest BCUT2D eigenvalue weighted by Crippen LogP contribution is -2.29. The summed E-state index contributed by atoms with van der Waals surface area (Å²) in [6.07, 6.45) is 2.55. The Kier molecular flexibility index (Phi) is 4.71. The van der Waals surface area contributed by atoms with Gasteiger partial charge in [0.15, 0.2) is 0 Å². The van der Waals surface area contributed by atoms with E-state index in [1.807, 2.05) is 19.9 Å². The van der Waals surface area contributed by atoms with Crippen LogP contribution < -0.4 is 10.6 Å². The molecule has 5 heteroatoms. The van der Waals surface area contributed by atoms with E-state index in [2.05, 4.69) is 47.4 Å². The predicted octanol–water partition coefficient (Wildman–Crippen LogP) is 3.04. The number of hydrogen-bond donors (Lipinski definition) is 2. The molecule has 19 heavy (non-hydrogen) atoms. The third kappa shape index (κ3) is 6.05. The molecule has 0 aliphatic rings. The van der Waals surface area contributed by atoms with Crippen LogP contribution in [0.2, 0.25) is 0 Å². The highest BCUT2D eigenvalue weighted by Gasteiger charge is 2.16. The molecule has 0 atom stereocenters. The van der Waals surface area contributed by atoms with Gasteiger partial charge in [0.05, 0.1) is 6.07 Å². The molecule has 1 heterocycles. The van der Waals surface area contributed by atoms with Gasteiger partial charge in [0.25, 0.3) is 0 Å². The maximum atomic E-state index is 8.98. The van der Waals surface area contributed by atoms with E-state index < -0.39 is 5.54 Å². The molecule has 0 amide bonds. The number of anilines is 2. The molecule has 104 valence electrons. The van der Waals surface area contributed by atoms with Gasteiger partial charge in [0, 0.05) is 12.6 Å². The van der Waals surface area contributed by atoms with Crippen LogP contribution in [0.5, 0.6) is 0 Å². The normalized spacial score (nSPS) is 11.8. The zero-order chi connectivity index (χ0) is 14.5. The van der Waals surface area contributed by atoms with Crippen LogP contribution >= 0.6 is 0 Å². The van der Waals surface area contributed by atoms with E-state index in [1.54, 1.807) is 0 Å². The molecule has 1 aromatic rings. The molecule has 2 N–H and O–H groups in total. The third-order valence-corrected chi connectivity index (χ3v) is 2.57. The lowest BCUT2D eigenvalue weighted by atomic mass is 9.92. The molecule has 5 nitrogen and oxygen atoms in total. The summed E-state index contributed by atoms with van der Waals surface area (Å²) in [6.45, 7) is 11.1. The Morgan fingerprint density at radius 3 is 2.37 bits per heavy atom. The second-order valence-electron chi connectivity index (χ2n) is 6.39. The monoisotopic (exact) mass is 261 g/mol. The molecule has 0 radical (unpaired) electrons. The van der Waals surface area contributed by atoms with Crippen molar-refractivity contribution in [2.24, 2.45) is 5.41 Å². The maximum absolute atomic E-state index is 8.98. The Labute approximate surface area is 115 Å². The molecule has 0 aliphatic carbocycles. The third-order valence-electron chi connectivity index (χ3n) is 2.57. The van der Waals surface area contributed by atoms with Crippen LogP contribution in [0.4, 0.5) is 11.6 Å². The van der Waals surface area contributed by atoms with Crippen molar-refractivity contribution in [2.75, 3.05) is 17.2 Å².